The van der Waals surface area contributed by atoms with Gasteiger partial charge in [-0.2, -0.15) is 0 Å². The summed E-state index contributed by atoms with van der Waals surface area (Å²) in [6, 6.07) is 15.0. The van der Waals surface area contributed by atoms with Gasteiger partial charge < -0.3 is 5.32 Å². The third-order valence-electron chi connectivity index (χ3n) is 3.78. The topological polar surface area (TPSA) is 99.8 Å². The number of H-pyrrole nitrogens is 1. The van der Waals surface area contributed by atoms with Crippen molar-refractivity contribution in [1.29, 1.82) is 0 Å². The van der Waals surface area contributed by atoms with Gasteiger partial charge in [0.1, 0.15) is 5.82 Å². The van der Waals surface area contributed by atoms with Gasteiger partial charge in [-0.1, -0.05) is 54.2 Å². The zero-order valence-electron chi connectivity index (χ0n) is 15.0. The zero-order valence-corrected chi connectivity index (χ0v) is 15.8. The van der Waals surface area contributed by atoms with E-state index in [4.69, 9.17) is 0 Å². The number of aromatic nitrogens is 3. The maximum Gasteiger partial charge on any atom is 0.321 e. The molecule has 1 aromatic heterocycles. The number of hydrogen-bond acceptors (Lipinski definition) is 5. The van der Waals surface area contributed by atoms with E-state index in [0.29, 0.717) is 12.1 Å². The summed E-state index contributed by atoms with van der Waals surface area (Å²) in [6.07, 6.45) is 0. The molecule has 0 radical (unpaired) electrons. The number of carbonyl (C=O) groups excluding carboxylic acids is 2. The minimum absolute atomic E-state index is 0.272. The molecule has 0 aliphatic heterocycles. The normalized spacial score (nSPS) is 11.6. The molecule has 3 amide bonds. The quantitative estimate of drug-likeness (QED) is 0.553. The number of hydrogen-bond donors (Lipinski definition) is 3. The monoisotopic (exact) mass is 399 g/mol. The Hall–Kier alpha value is -3.20. The molecule has 0 spiro atoms. The fraction of sp³-hybridized carbons (Fsp3) is 0.158. The maximum absolute atomic E-state index is 13.8. The van der Waals surface area contributed by atoms with Crippen LogP contribution in [0.4, 0.5) is 9.18 Å². The fourth-order valence-corrected chi connectivity index (χ4v) is 3.04. The number of nitrogens with zero attached hydrogens (tertiary/aromatic N) is 2. The van der Waals surface area contributed by atoms with E-state index in [9.17, 15) is 14.0 Å². The number of nitrogens with one attached hydrogen (secondary N) is 3. The molecule has 9 heteroatoms. The smallest absolute Gasteiger partial charge is 0.321 e. The third kappa shape index (κ3) is 5.17. The minimum Gasteiger partial charge on any atom is -0.334 e. The standard InChI is InChI=1S/C19H18FN5O2S/c1-12(17(26)23-18(27)21-11-13-7-3-2-4-8-13)28-19-22-16(24-25-19)14-9-5-6-10-15(14)20/h2-10,12H,11H2,1H3,(H,22,24,25)(H2,21,23,26,27). The highest BCUT2D eigenvalue weighted by Crippen LogP contribution is 2.24. The largest absolute Gasteiger partial charge is 0.334 e. The van der Waals surface area contributed by atoms with Crippen LogP contribution in [0, 0.1) is 5.82 Å². The Morgan fingerprint density at radius 3 is 2.61 bits per heavy atom. The van der Waals surface area contributed by atoms with Gasteiger partial charge in [0.2, 0.25) is 11.1 Å². The molecule has 1 heterocycles. The number of carbonyl (C=O) groups is 2. The summed E-state index contributed by atoms with van der Waals surface area (Å²) in [5.74, 6) is -0.627. The Labute approximate surface area is 165 Å². The number of aromatic amines is 1. The molecule has 3 N–H and O–H groups in total. The summed E-state index contributed by atoms with van der Waals surface area (Å²) in [6.45, 7) is 1.94. The van der Waals surface area contributed by atoms with Gasteiger partial charge in [0.25, 0.3) is 0 Å². The highest BCUT2D eigenvalue weighted by molar-refractivity contribution is 8.00. The van der Waals surface area contributed by atoms with E-state index >= 15 is 0 Å². The van der Waals surface area contributed by atoms with Crippen molar-refractivity contribution in [3.8, 4) is 11.4 Å². The molecule has 0 aliphatic rings. The van der Waals surface area contributed by atoms with Gasteiger partial charge in [0, 0.05) is 6.54 Å². The first-order chi connectivity index (χ1) is 13.5. The van der Waals surface area contributed by atoms with Crippen molar-refractivity contribution in [3.05, 3.63) is 66.0 Å². The van der Waals surface area contributed by atoms with E-state index in [1.807, 2.05) is 30.3 Å². The molecule has 3 aromatic rings. The number of thioether (sulfide) groups is 1. The lowest BCUT2D eigenvalue weighted by molar-refractivity contribution is -0.119. The van der Waals surface area contributed by atoms with E-state index in [2.05, 4.69) is 25.8 Å². The van der Waals surface area contributed by atoms with Crippen LogP contribution in [-0.2, 0) is 11.3 Å². The van der Waals surface area contributed by atoms with Crippen LogP contribution in [0.1, 0.15) is 12.5 Å². The summed E-state index contributed by atoms with van der Waals surface area (Å²) in [5, 5.41) is 11.2. The molecule has 0 bridgehead atoms. The van der Waals surface area contributed by atoms with Gasteiger partial charge in [-0.3, -0.25) is 15.2 Å². The first-order valence-corrected chi connectivity index (χ1v) is 9.37. The minimum atomic E-state index is -0.619. The average molecular weight is 399 g/mol. The van der Waals surface area contributed by atoms with Gasteiger partial charge >= 0.3 is 6.03 Å². The molecule has 7 nitrogen and oxygen atoms in total. The number of urea groups is 1. The molecule has 0 saturated heterocycles. The molecule has 0 fully saturated rings. The second kappa shape index (κ2) is 9.14. The van der Waals surface area contributed by atoms with Gasteiger partial charge in [-0.25, -0.2) is 14.2 Å². The first kappa shape index (κ1) is 19.6. The summed E-state index contributed by atoms with van der Waals surface area (Å²) in [5.41, 5.74) is 1.22. The highest BCUT2D eigenvalue weighted by atomic mass is 32.2. The molecule has 1 unspecified atom stereocenters. The van der Waals surface area contributed by atoms with Crippen LogP contribution < -0.4 is 10.6 Å². The Balaban J connectivity index is 1.51. The van der Waals surface area contributed by atoms with E-state index in [1.165, 1.54) is 6.07 Å². The predicted molar refractivity (Wildman–Crippen MR) is 104 cm³/mol. The van der Waals surface area contributed by atoms with Crippen LogP contribution in [-0.4, -0.2) is 32.4 Å². The maximum atomic E-state index is 13.8. The lowest BCUT2D eigenvalue weighted by Gasteiger charge is -2.10. The Morgan fingerprint density at radius 1 is 1.14 bits per heavy atom. The summed E-state index contributed by atoms with van der Waals surface area (Å²) >= 11 is 1.06. The molecular formula is C19H18FN5O2S. The molecule has 0 saturated carbocycles. The number of imide groups is 1. The molecule has 3 rings (SSSR count). The molecule has 28 heavy (non-hydrogen) atoms. The van der Waals surface area contributed by atoms with E-state index < -0.39 is 23.0 Å². The van der Waals surface area contributed by atoms with E-state index in [0.717, 1.165) is 17.3 Å². The van der Waals surface area contributed by atoms with Crippen molar-refractivity contribution in [2.24, 2.45) is 0 Å². The van der Waals surface area contributed by atoms with Crippen LogP contribution in [0.3, 0.4) is 0 Å². The number of halogens is 1. The fourth-order valence-electron chi connectivity index (χ4n) is 2.32. The summed E-state index contributed by atoms with van der Waals surface area (Å²) in [4.78, 5) is 28.3. The van der Waals surface area contributed by atoms with Crippen molar-refractivity contribution in [2.45, 2.75) is 23.9 Å². The van der Waals surface area contributed by atoms with Crippen molar-refractivity contribution in [1.82, 2.24) is 25.8 Å². The number of benzene rings is 2. The molecule has 0 aliphatic carbocycles. The van der Waals surface area contributed by atoms with Crippen molar-refractivity contribution in [2.75, 3.05) is 0 Å². The van der Waals surface area contributed by atoms with Crippen LogP contribution in [0.15, 0.2) is 59.8 Å². The zero-order chi connectivity index (χ0) is 19.9. The van der Waals surface area contributed by atoms with Crippen molar-refractivity contribution < 1.29 is 14.0 Å². The van der Waals surface area contributed by atoms with Crippen molar-refractivity contribution >= 4 is 23.7 Å². The van der Waals surface area contributed by atoms with Gasteiger partial charge in [0.15, 0.2) is 5.82 Å². The van der Waals surface area contributed by atoms with E-state index in [1.54, 1.807) is 25.1 Å². The summed E-state index contributed by atoms with van der Waals surface area (Å²) < 4.78 is 13.8. The SMILES string of the molecule is CC(Sc1n[nH]c(-c2ccccc2F)n1)C(=O)NC(=O)NCc1ccccc1. The average Bonchev–Trinajstić information content (AvgIpc) is 3.15. The van der Waals surface area contributed by atoms with E-state index in [-0.39, 0.29) is 11.0 Å². The Morgan fingerprint density at radius 2 is 1.86 bits per heavy atom. The number of rotatable bonds is 6. The highest BCUT2D eigenvalue weighted by Gasteiger charge is 2.20. The molecule has 144 valence electrons. The second-order valence-corrected chi connectivity index (χ2v) is 7.17. The lowest BCUT2D eigenvalue weighted by atomic mass is 10.2. The summed E-state index contributed by atoms with van der Waals surface area (Å²) in [7, 11) is 0. The lowest BCUT2D eigenvalue weighted by Crippen LogP contribution is -2.42. The van der Waals surface area contributed by atoms with Gasteiger partial charge in [-0.15, -0.1) is 5.10 Å². The van der Waals surface area contributed by atoms with Crippen LogP contribution >= 0.6 is 11.8 Å². The Bertz CT molecular complexity index is 964. The second-order valence-electron chi connectivity index (χ2n) is 5.86. The molecule has 1 atom stereocenters. The van der Waals surface area contributed by atoms with Crippen LogP contribution in [0.2, 0.25) is 0 Å². The molecular weight excluding hydrogens is 381 g/mol. The van der Waals surface area contributed by atoms with Crippen LogP contribution in [0.25, 0.3) is 11.4 Å². The van der Waals surface area contributed by atoms with Crippen molar-refractivity contribution in [3.63, 3.8) is 0 Å². The van der Waals surface area contributed by atoms with Gasteiger partial charge in [-0.05, 0) is 24.6 Å². The van der Waals surface area contributed by atoms with Crippen LogP contribution in [0.5, 0.6) is 0 Å². The first-order valence-electron chi connectivity index (χ1n) is 8.49. The number of amides is 3. The third-order valence-corrected chi connectivity index (χ3v) is 4.74. The molecule has 2 aromatic carbocycles. The predicted octanol–water partition coefficient (Wildman–Crippen LogP) is 3.12. The van der Waals surface area contributed by atoms with Gasteiger partial charge in [0.05, 0.1) is 10.8 Å². The Kier molecular flexibility index (Phi) is 6.38.